The highest BCUT2D eigenvalue weighted by molar-refractivity contribution is 6.30. The molecular weight excluding hydrogens is 377 g/mol. The fourth-order valence-electron chi connectivity index (χ4n) is 3.06. The van der Waals surface area contributed by atoms with E-state index in [2.05, 4.69) is 10.6 Å². The molecule has 0 unspecified atom stereocenters. The molecular formula is C20H22ClF3N2O. The second kappa shape index (κ2) is 8.76. The second-order valence-electron chi connectivity index (χ2n) is 6.24. The molecule has 146 valence electrons. The summed E-state index contributed by atoms with van der Waals surface area (Å²) in [7, 11) is 0. The molecule has 0 heterocycles. The lowest BCUT2D eigenvalue weighted by atomic mass is 9.84. The predicted octanol–water partition coefficient (Wildman–Crippen LogP) is 5.60. The Hall–Kier alpha value is -2.05. The summed E-state index contributed by atoms with van der Waals surface area (Å²) in [5.41, 5.74) is -0.610. The van der Waals surface area contributed by atoms with Gasteiger partial charge in [-0.15, -0.1) is 0 Å². The molecule has 2 N–H and O–H groups in total. The van der Waals surface area contributed by atoms with Crippen molar-refractivity contribution in [1.29, 1.82) is 0 Å². The van der Waals surface area contributed by atoms with Crippen molar-refractivity contribution in [1.82, 2.24) is 5.32 Å². The Kier molecular flexibility index (Phi) is 6.89. The van der Waals surface area contributed by atoms with Gasteiger partial charge in [0.15, 0.2) is 0 Å². The zero-order chi connectivity index (χ0) is 20.1. The van der Waals surface area contributed by atoms with Crippen molar-refractivity contribution in [2.24, 2.45) is 0 Å². The van der Waals surface area contributed by atoms with Crippen LogP contribution in [-0.4, -0.2) is 12.5 Å². The van der Waals surface area contributed by atoms with E-state index in [0.717, 1.165) is 11.6 Å². The van der Waals surface area contributed by atoms with Crippen LogP contribution in [0.15, 0.2) is 48.5 Å². The first-order valence-corrected chi connectivity index (χ1v) is 9.07. The van der Waals surface area contributed by atoms with Gasteiger partial charge in [-0.1, -0.05) is 49.7 Å². The first-order valence-electron chi connectivity index (χ1n) is 8.69. The minimum Gasteiger partial charge on any atom is -0.324 e. The van der Waals surface area contributed by atoms with Gasteiger partial charge >= 0.3 is 6.18 Å². The SMILES string of the molecule is CCC(CC)(NCC(=O)Nc1ccccc1C(F)(F)F)c1ccc(Cl)cc1. The fraction of sp³-hybridized carbons (Fsp3) is 0.350. The van der Waals surface area contributed by atoms with Crippen LogP contribution in [0.5, 0.6) is 0 Å². The number of hydrogen-bond acceptors (Lipinski definition) is 2. The Morgan fingerprint density at radius 2 is 1.59 bits per heavy atom. The van der Waals surface area contributed by atoms with Crippen LogP contribution in [0, 0.1) is 0 Å². The lowest BCUT2D eigenvalue weighted by Crippen LogP contribution is -2.45. The number of carbonyl (C=O) groups excluding carboxylic acids is 1. The molecule has 7 heteroatoms. The van der Waals surface area contributed by atoms with Crippen LogP contribution in [0.4, 0.5) is 18.9 Å². The zero-order valence-corrected chi connectivity index (χ0v) is 15.9. The molecule has 0 aliphatic carbocycles. The minimum absolute atomic E-state index is 0.115. The molecule has 1 amide bonds. The summed E-state index contributed by atoms with van der Waals surface area (Å²) in [5.74, 6) is -0.535. The van der Waals surface area contributed by atoms with Crippen LogP contribution < -0.4 is 10.6 Å². The van der Waals surface area contributed by atoms with E-state index in [1.54, 1.807) is 12.1 Å². The lowest BCUT2D eigenvalue weighted by Gasteiger charge is -2.33. The largest absolute Gasteiger partial charge is 0.418 e. The van der Waals surface area contributed by atoms with E-state index < -0.39 is 23.2 Å². The van der Waals surface area contributed by atoms with E-state index in [-0.39, 0.29) is 12.2 Å². The maximum atomic E-state index is 13.1. The number of amides is 1. The molecule has 0 saturated carbocycles. The van der Waals surface area contributed by atoms with E-state index >= 15 is 0 Å². The van der Waals surface area contributed by atoms with E-state index in [4.69, 9.17) is 11.6 Å². The standard InChI is InChI=1S/C20H22ClF3N2O/c1-3-19(4-2,14-9-11-15(21)12-10-14)25-13-18(27)26-17-8-6-5-7-16(17)20(22,23)24/h5-12,25H,3-4,13H2,1-2H3,(H,26,27). The molecule has 0 saturated heterocycles. The summed E-state index contributed by atoms with van der Waals surface area (Å²) in [6, 6.07) is 12.3. The monoisotopic (exact) mass is 398 g/mol. The number of alkyl halides is 3. The fourth-order valence-corrected chi connectivity index (χ4v) is 3.19. The molecule has 0 bridgehead atoms. The highest BCUT2D eigenvalue weighted by Gasteiger charge is 2.34. The Labute approximate surface area is 161 Å². The van der Waals surface area contributed by atoms with Gasteiger partial charge in [-0.25, -0.2) is 0 Å². The molecule has 2 aromatic carbocycles. The normalized spacial score (nSPS) is 12.1. The van der Waals surface area contributed by atoms with Gasteiger partial charge in [0.05, 0.1) is 17.8 Å². The average Bonchev–Trinajstić information content (AvgIpc) is 2.64. The van der Waals surface area contributed by atoms with Crippen LogP contribution >= 0.6 is 11.6 Å². The lowest BCUT2D eigenvalue weighted by molar-refractivity contribution is -0.137. The maximum Gasteiger partial charge on any atom is 0.418 e. The van der Waals surface area contributed by atoms with Crippen LogP contribution in [0.2, 0.25) is 5.02 Å². The van der Waals surface area contributed by atoms with E-state index in [0.29, 0.717) is 17.9 Å². The van der Waals surface area contributed by atoms with Crippen molar-refractivity contribution < 1.29 is 18.0 Å². The Morgan fingerprint density at radius 3 is 2.15 bits per heavy atom. The molecule has 2 rings (SSSR count). The molecule has 0 spiro atoms. The molecule has 0 fully saturated rings. The number of halogens is 4. The Bertz CT molecular complexity index is 772. The van der Waals surface area contributed by atoms with E-state index in [9.17, 15) is 18.0 Å². The van der Waals surface area contributed by atoms with Gasteiger partial charge in [-0.2, -0.15) is 13.2 Å². The number of rotatable bonds is 7. The summed E-state index contributed by atoms with van der Waals surface area (Å²) in [6.45, 7) is 3.86. The van der Waals surface area contributed by atoms with Gasteiger partial charge in [0, 0.05) is 10.6 Å². The van der Waals surface area contributed by atoms with Crippen LogP contribution in [0.3, 0.4) is 0 Å². The first kappa shape index (κ1) is 21.3. The first-order chi connectivity index (χ1) is 12.7. The number of carbonyl (C=O) groups is 1. The van der Waals surface area contributed by atoms with Gasteiger partial charge < -0.3 is 5.32 Å². The van der Waals surface area contributed by atoms with Crippen LogP contribution in [0.1, 0.15) is 37.8 Å². The molecule has 0 atom stereocenters. The van der Waals surface area contributed by atoms with Gasteiger partial charge in [0.1, 0.15) is 0 Å². The third-order valence-electron chi connectivity index (χ3n) is 4.70. The van der Waals surface area contributed by atoms with E-state index in [1.807, 2.05) is 26.0 Å². The molecule has 3 nitrogen and oxygen atoms in total. The average molecular weight is 399 g/mol. The van der Waals surface area contributed by atoms with Gasteiger partial charge in [-0.05, 0) is 42.7 Å². The third-order valence-corrected chi connectivity index (χ3v) is 4.95. The maximum absolute atomic E-state index is 13.1. The molecule has 0 aromatic heterocycles. The molecule has 27 heavy (non-hydrogen) atoms. The second-order valence-corrected chi connectivity index (χ2v) is 6.68. The number of anilines is 1. The predicted molar refractivity (Wildman–Crippen MR) is 102 cm³/mol. The minimum atomic E-state index is -4.53. The van der Waals surface area contributed by atoms with Gasteiger partial charge in [-0.3, -0.25) is 10.1 Å². The van der Waals surface area contributed by atoms with Crippen molar-refractivity contribution in [2.75, 3.05) is 11.9 Å². The quantitative estimate of drug-likeness (QED) is 0.637. The summed E-state index contributed by atoms with van der Waals surface area (Å²) < 4.78 is 39.2. The van der Waals surface area contributed by atoms with Crippen LogP contribution in [-0.2, 0) is 16.5 Å². The van der Waals surface area contributed by atoms with Crippen molar-refractivity contribution in [2.45, 2.75) is 38.4 Å². The van der Waals surface area contributed by atoms with Crippen molar-refractivity contribution >= 4 is 23.2 Å². The number of nitrogens with one attached hydrogen (secondary N) is 2. The number of benzene rings is 2. The molecule has 0 radical (unpaired) electrons. The van der Waals surface area contributed by atoms with Crippen molar-refractivity contribution in [3.8, 4) is 0 Å². The highest BCUT2D eigenvalue weighted by atomic mass is 35.5. The molecule has 2 aromatic rings. The Balaban J connectivity index is 2.12. The molecule has 0 aliphatic rings. The van der Waals surface area contributed by atoms with Crippen LogP contribution in [0.25, 0.3) is 0 Å². The molecule has 0 aliphatic heterocycles. The number of para-hydroxylation sites is 1. The highest BCUT2D eigenvalue weighted by Crippen LogP contribution is 2.34. The van der Waals surface area contributed by atoms with Gasteiger partial charge in [0.2, 0.25) is 5.91 Å². The zero-order valence-electron chi connectivity index (χ0n) is 15.2. The number of hydrogen-bond donors (Lipinski definition) is 2. The van der Waals surface area contributed by atoms with E-state index in [1.165, 1.54) is 18.2 Å². The third kappa shape index (κ3) is 5.23. The van der Waals surface area contributed by atoms with Gasteiger partial charge in [0.25, 0.3) is 0 Å². The summed E-state index contributed by atoms with van der Waals surface area (Å²) >= 11 is 5.94. The van der Waals surface area contributed by atoms with Crippen molar-refractivity contribution in [3.63, 3.8) is 0 Å². The summed E-state index contributed by atoms with van der Waals surface area (Å²) in [4.78, 5) is 12.3. The Morgan fingerprint density at radius 1 is 1.00 bits per heavy atom. The summed E-state index contributed by atoms with van der Waals surface area (Å²) in [5, 5.41) is 6.18. The van der Waals surface area contributed by atoms with Crippen molar-refractivity contribution in [3.05, 3.63) is 64.7 Å². The summed E-state index contributed by atoms with van der Waals surface area (Å²) in [6.07, 6.45) is -3.12. The smallest absolute Gasteiger partial charge is 0.324 e. The topological polar surface area (TPSA) is 41.1 Å².